The standard InChI is InChI=1S/C13H21BrN2S/c1-8-4-9(2)16(6-8)13(10(3)15)12-5-11(14)7-17-12/h5,7-10,13H,4,6,15H2,1-3H3. The van der Waals surface area contributed by atoms with Crippen molar-refractivity contribution >= 4 is 27.3 Å². The van der Waals surface area contributed by atoms with E-state index in [1.807, 2.05) is 11.3 Å². The van der Waals surface area contributed by atoms with Crippen LogP contribution in [0.1, 0.15) is 38.1 Å². The van der Waals surface area contributed by atoms with Crippen molar-refractivity contribution in [1.29, 1.82) is 0 Å². The van der Waals surface area contributed by atoms with E-state index < -0.39 is 0 Å². The summed E-state index contributed by atoms with van der Waals surface area (Å²) in [6.07, 6.45) is 1.29. The third kappa shape index (κ3) is 2.92. The average Bonchev–Trinajstić information content (AvgIpc) is 2.75. The van der Waals surface area contributed by atoms with Gasteiger partial charge < -0.3 is 5.73 Å². The zero-order chi connectivity index (χ0) is 12.6. The fraction of sp³-hybridized carbons (Fsp3) is 0.692. The highest BCUT2D eigenvalue weighted by Gasteiger charge is 2.34. The Balaban J connectivity index is 2.24. The average molecular weight is 317 g/mol. The molecule has 4 heteroatoms. The highest BCUT2D eigenvalue weighted by molar-refractivity contribution is 9.10. The van der Waals surface area contributed by atoms with Gasteiger partial charge in [-0.05, 0) is 48.2 Å². The number of nitrogens with zero attached hydrogens (tertiary/aromatic N) is 1. The molecule has 4 atom stereocenters. The Morgan fingerprint density at radius 2 is 2.24 bits per heavy atom. The van der Waals surface area contributed by atoms with Gasteiger partial charge in [0.1, 0.15) is 0 Å². The number of hydrogen-bond donors (Lipinski definition) is 1. The van der Waals surface area contributed by atoms with Crippen LogP contribution in [0.5, 0.6) is 0 Å². The van der Waals surface area contributed by atoms with Gasteiger partial charge in [0.15, 0.2) is 0 Å². The largest absolute Gasteiger partial charge is 0.326 e. The highest BCUT2D eigenvalue weighted by atomic mass is 79.9. The van der Waals surface area contributed by atoms with Crippen LogP contribution in [0.25, 0.3) is 0 Å². The van der Waals surface area contributed by atoms with Crippen molar-refractivity contribution in [2.45, 2.75) is 45.3 Å². The van der Waals surface area contributed by atoms with Gasteiger partial charge in [-0.25, -0.2) is 0 Å². The Morgan fingerprint density at radius 1 is 1.53 bits per heavy atom. The van der Waals surface area contributed by atoms with Crippen LogP contribution in [0, 0.1) is 5.92 Å². The molecule has 1 aliphatic heterocycles. The lowest BCUT2D eigenvalue weighted by molar-refractivity contribution is 0.170. The van der Waals surface area contributed by atoms with Crippen LogP contribution < -0.4 is 5.73 Å². The molecule has 17 heavy (non-hydrogen) atoms. The molecule has 2 nitrogen and oxygen atoms in total. The summed E-state index contributed by atoms with van der Waals surface area (Å²) in [6, 6.07) is 3.40. The number of thiophene rings is 1. The summed E-state index contributed by atoms with van der Waals surface area (Å²) in [5.41, 5.74) is 6.22. The van der Waals surface area contributed by atoms with Crippen molar-refractivity contribution in [3.8, 4) is 0 Å². The molecule has 2 N–H and O–H groups in total. The number of halogens is 1. The highest BCUT2D eigenvalue weighted by Crippen LogP contribution is 2.37. The summed E-state index contributed by atoms with van der Waals surface area (Å²) in [5.74, 6) is 0.787. The second-order valence-corrected chi connectivity index (χ2v) is 7.22. The Morgan fingerprint density at radius 3 is 2.65 bits per heavy atom. The second kappa shape index (κ2) is 5.39. The minimum Gasteiger partial charge on any atom is -0.326 e. The maximum absolute atomic E-state index is 6.22. The van der Waals surface area contributed by atoms with Gasteiger partial charge in [0, 0.05) is 33.4 Å². The smallest absolute Gasteiger partial charge is 0.0593 e. The maximum atomic E-state index is 6.22. The van der Waals surface area contributed by atoms with E-state index in [0.29, 0.717) is 12.1 Å². The Kier molecular flexibility index (Phi) is 4.29. The van der Waals surface area contributed by atoms with E-state index in [1.54, 1.807) is 0 Å². The summed E-state index contributed by atoms with van der Waals surface area (Å²) in [4.78, 5) is 3.96. The molecule has 1 fully saturated rings. The van der Waals surface area contributed by atoms with Crippen LogP contribution in [0.4, 0.5) is 0 Å². The molecule has 0 amide bonds. The van der Waals surface area contributed by atoms with Crippen LogP contribution in [-0.2, 0) is 0 Å². The molecule has 4 unspecified atom stereocenters. The zero-order valence-corrected chi connectivity index (χ0v) is 13.1. The molecule has 0 spiro atoms. The van der Waals surface area contributed by atoms with E-state index in [-0.39, 0.29) is 6.04 Å². The van der Waals surface area contributed by atoms with E-state index in [2.05, 4.69) is 53.0 Å². The van der Waals surface area contributed by atoms with Gasteiger partial charge >= 0.3 is 0 Å². The number of rotatable bonds is 3. The molecular formula is C13H21BrN2S. The lowest BCUT2D eigenvalue weighted by atomic mass is 10.1. The molecule has 1 aromatic rings. The number of hydrogen-bond acceptors (Lipinski definition) is 3. The summed E-state index contributed by atoms with van der Waals surface area (Å²) in [6.45, 7) is 7.94. The number of nitrogens with two attached hydrogens (primary N) is 1. The predicted molar refractivity (Wildman–Crippen MR) is 78.4 cm³/mol. The first-order chi connectivity index (χ1) is 7.99. The topological polar surface area (TPSA) is 29.3 Å². The number of likely N-dealkylation sites (tertiary alicyclic amines) is 1. The van der Waals surface area contributed by atoms with Crippen molar-refractivity contribution in [3.05, 3.63) is 20.8 Å². The quantitative estimate of drug-likeness (QED) is 0.922. The monoisotopic (exact) mass is 316 g/mol. The Bertz CT molecular complexity index is 377. The Hall–Kier alpha value is 0.1000. The molecule has 1 saturated heterocycles. The molecular weight excluding hydrogens is 296 g/mol. The van der Waals surface area contributed by atoms with E-state index in [0.717, 1.165) is 5.92 Å². The SMILES string of the molecule is CC1CC(C)N(C(c2cc(Br)cs2)C(C)N)C1. The van der Waals surface area contributed by atoms with E-state index >= 15 is 0 Å². The Labute approximate surface area is 116 Å². The van der Waals surface area contributed by atoms with Gasteiger partial charge in [0.2, 0.25) is 0 Å². The molecule has 0 radical (unpaired) electrons. The fourth-order valence-corrected chi connectivity index (χ4v) is 4.61. The first kappa shape index (κ1) is 13.5. The first-order valence-corrected chi connectivity index (χ1v) is 7.91. The predicted octanol–water partition coefficient (Wildman–Crippen LogP) is 3.63. The molecule has 2 heterocycles. The summed E-state index contributed by atoms with van der Waals surface area (Å²) >= 11 is 5.34. The zero-order valence-electron chi connectivity index (χ0n) is 10.7. The fourth-order valence-electron chi connectivity index (χ4n) is 2.93. The molecule has 2 rings (SSSR count). The van der Waals surface area contributed by atoms with Gasteiger partial charge in [-0.15, -0.1) is 11.3 Å². The van der Waals surface area contributed by atoms with Crippen molar-refractivity contribution in [3.63, 3.8) is 0 Å². The molecule has 0 aromatic carbocycles. The van der Waals surface area contributed by atoms with Crippen LogP contribution in [0.15, 0.2) is 15.9 Å². The maximum Gasteiger partial charge on any atom is 0.0593 e. The normalized spacial score (nSPS) is 29.5. The minimum atomic E-state index is 0.174. The third-order valence-electron chi connectivity index (χ3n) is 3.57. The van der Waals surface area contributed by atoms with Gasteiger partial charge in [0.25, 0.3) is 0 Å². The lowest BCUT2D eigenvalue weighted by Gasteiger charge is -2.33. The van der Waals surface area contributed by atoms with Crippen LogP contribution in [-0.4, -0.2) is 23.5 Å². The van der Waals surface area contributed by atoms with Crippen molar-refractivity contribution < 1.29 is 0 Å². The van der Waals surface area contributed by atoms with Crippen LogP contribution in [0.2, 0.25) is 0 Å². The van der Waals surface area contributed by atoms with Crippen LogP contribution in [0.3, 0.4) is 0 Å². The van der Waals surface area contributed by atoms with Crippen molar-refractivity contribution in [2.24, 2.45) is 11.7 Å². The summed E-state index contributed by atoms with van der Waals surface area (Å²) in [5, 5.41) is 2.15. The molecule has 0 bridgehead atoms. The molecule has 0 aliphatic carbocycles. The molecule has 1 aromatic heterocycles. The van der Waals surface area contributed by atoms with Gasteiger partial charge in [-0.3, -0.25) is 4.90 Å². The minimum absolute atomic E-state index is 0.174. The summed E-state index contributed by atoms with van der Waals surface area (Å²) < 4.78 is 1.17. The third-order valence-corrected chi connectivity index (χ3v) is 5.33. The molecule has 96 valence electrons. The van der Waals surface area contributed by atoms with Gasteiger partial charge in [0.05, 0.1) is 6.04 Å². The van der Waals surface area contributed by atoms with E-state index in [4.69, 9.17) is 5.73 Å². The first-order valence-electron chi connectivity index (χ1n) is 6.24. The van der Waals surface area contributed by atoms with E-state index in [9.17, 15) is 0 Å². The molecule has 1 aliphatic rings. The van der Waals surface area contributed by atoms with Gasteiger partial charge in [-0.2, -0.15) is 0 Å². The van der Waals surface area contributed by atoms with Gasteiger partial charge in [-0.1, -0.05) is 6.92 Å². The summed E-state index contributed by atoms with van der Waals surface area (Å²) in [7, 11) is 0. The van der Waals surface area contributed by atoms with E-state index in [1.165, 1.54) is 22.3 Å². The van der Waals surface area contributed by atoms with Crippen molar-refractivity contribution in [2.75, 3.05) is 6.54 Å². The van der Waals surface area contributed by atoms with Crippen LogP contribution >= 0.6 is 27.3 Å². The second-order valence-electron chi connectivity index (χ2n) is 5.36. The van der Waals surface area contributed by atoms with Crippen molar-refractivity contribution in [1.82, 2.24) is 4.90 Å². The lowest BCUT2D eigenvalue weighted by Crippen LogP contribution is -2.41. The molecule has 0 saturated carbocycles.